The number of rotatable bonds is 2. The molecule has 1 aliphatic rings. The van der Waals surface area contributed by atoms with Crippen molar-refractivity contribution in [1.29, 1.82) is 0 Å². The Labute approximate surface area is 60.2 Å². The highest BCUT2D eigenvalue weighted by Gasteiger charge is 2.20. The van der Waals surface area contributed by atoms with Gasteiger partial charge < -0.3 is 5.11 Å². The Bertz CT molecular complexity index is 97.1. The van der Waals surface area contributed by atoms with Crippen LogP contribution in [0.1, 0.15) is 12.8 Å². The van der Waals surface area contributed by atoms with Crippen LogP contribution in [0.2, 0.25) is 0 Å². The molecule has 0 saturated carbocycles. The van der Waals surface area contributed by atoms with E-state index in [4.69, 9.17) is 0 Å². The third-order valence-electron chi connectivity index (χ3n) is 1.59. The summed E-state index contributed by atoms with van der Waals surface area (Å²) in [5, 5.41) is 9.65. The van der Waals surface area contributed by atoms with E-state index in [0.29, 0.717) is 5.25 Å². The van der Waals surface area contributed by atoms with Gasteiger partial charge in [0.25, 0.3) is 0 Å². The Kier molecular flexibility index (Phi) is 2.61. The van der Waals surface area contributed by atoms with E-state index >= 15 is 0 Å². The van der Waals surface area contributed by atoms with Crippen molar-refractivity contribution in [1.82, 2.24) is 0 Å². The normalized spacial score (nSPS) is 30.1. The lowest BCUT2D eigenvalue weighted by molar-refractivity contribution is 0.218. The molecule has 0 bridgehead atoms. The minimum atomic E-state index is -0.280. The number of hydrogen-bond donors (Lipinski definition) is 1. The fraction of sp³-hybridized carbons (Fsp3) is 0.714. The second-order valence-electron chi connectivity index (χ2n) is 2.28. The van der Waals surface area contributed by atoms with Gasteiger partial charge in [0.2, 0.25) is 0 Å². The first-order valence-electron chi connectivity index (χ1n) is 3.27. The summed E-state index contributed by atoms with van der Waals surface area (Å²) in [7, 11) is 0. The molecule has 1 nitrogen and oxygen atoms in total. The fourth-order valence-corrected chi connectivity index (χ4v) is 2.30. The van der Waals surface area contributed by atoms with Crippen molar-refractivity contribution in [2.45, 2.75) is 24.2 Å². The zero-order chi connectivity index (χ0) is 6.69. The molecule has 0 aromatic rings. The van der Waals surface area contributed by atoms with E-state index in [1.807, 2.05) is 11.8 Å². The van der Waals surface area contributed by atoms with Crippen LogP contribution >= 0.6 is 11.8 Å². The molecule has 1 rings (SSSR count). The Hall–Kier alpha value is 0.0500. The van der Waals surface area contributed by atoms with E-state index in [-0.39, 0.29) is 6.10 Å². The van der Waals surface area contributed by atoms with Crippen molar-refractivity contribution in [2.75, 3.05) is 5.75 Å². The summed E-state index contributed by atoms with van der Waals surface area (Å²) in [6.07, 6.45) is 3.75. The van der Waals surface area contributed by atoms with Crippen LogP contribution in [0, 0.1) is 0 Å². The standard InChI is InChI=1S/C7H12OS/c1-2-6(8)7-4-3-5-9-7/h2,6-8H,1,3-5H2. The molecule has 2 heteroatoms. The zero-order valence-electron chi connectivity index (χ0n) is 5.42. The number of aliphatic hydroxyl groups is 1. The largest absolute Gasteiger partial charge is 0.388 e. The molecule has 9 heavy (non-hydrogen) atoms. The predicted molar refractivity (Wildman–Crippen MR) is 41.7 cm³/mol. The highest BCUT2D eigenvalue weighted by molar-refractivity contribution is 8.00. The van der Waals surface area contributed by atoms with E-state index in [1.54, 1.807) is 6.08 Å². The lowest BCUT2D eigenvalue weighted by atomic mass is 10.1. The third-order valence-corrected chi connectivity index (χ3v) is 3.05. The predicted octanol–water partition coefficient (Wildman–Crippen LogP) is 1.43. The molecule has 0 radical (unpaired) electrons. The number of hydrogen-bond acceptors (Lipinski definition) is 2. The lowest BCUT2D eigenvalue weighted by Crippen LogP contribution is -2.16. The van der Waals surface area contributed by atoms with E-state index in [0.717, 1.165) is 6.42 Å². The van der Waals surface area contributed by atoms with Gasteiger partial charge in [0.15, 0.2) is 0 Å². The maximum Gasteiger partial charge on any atom is 0.0836 e. The second kappa shape index (κ2) is 3.28. The first-order valence-corrected chi connectivity index (χ1v) is 4.31. The first-order chi connectivity index (χ1) is 4.34. The average molecular weight is 144 g/mol. The van der Waals surface area contributed by atoms with Crippen LogP contribution in [0.25, 0.3) is 0 Å². The summed E-state index contributed by atoms with van der Waals surface area (Å²) in [6.45, 7) is 3.54. The Morgan fingerprint density at radius 2 is 2.56 bits per heavy atom. The summed E-state index contributed by atoms with van der Waals surface area (Å²) in [5.41, 5.74) is 0. The van der Waals surface area contributed by atoms with Gasteiger partial charge in [0.05, 0.1) is 6.10 Å². The van der Waals surface area contributed by atoms with Gasteiger partial charge in [-0.15, -0.1) is 6.58 Å². The number of thioether (sulfide) groups is 1. The Morgan fingerprint density at radius 1 is 1.78 bits per heavy atom. The molecule has 0 aromatic heterocycles. The van der Waals surface area contributed by atoms with Gasteiger partial charge in [0.1, 0.15) is 0 Å². The summed E-state index contributed by atoms with van der Waals surface area (Å²) in [4.78, 5) is 0. The number of aliphatic hydroxyl groups excluding tert-OH is 1. The molecule has 0 spiro atoms. The molecule has 1 heterocycles. The van der Waals surface area contributed by atoms with Crippen molar-refractivity contribution < 1.29 is 5.11 Å². The molecule has 1 aliphatic heterocycles. The quantitative estimate of drug-likeness (QED) is 0.592. The van der Waals surface area contributed by atoms with Gasteiger partial charge in [-0.05, 0) is 18.6 Å². The zero-order valence-corrected chi connectivity index (χ0v) is 6.23. The molecular formula is C7H12OS. The average Bonchev–Trinajstić information content (AvgIpc) is 2.37. The van der Waals surface area contributed by atoms with Crippen molar-refractivity contribution in [3.05, 3.63) is 12.7 Å². The van der Waals surface area contributed by atoms with Crippen molar-refractivity contribution in [2.24, 2.45) is 0 Å². The smallest absolute Gasteiger partial charge is 0.0836 e. The molecule has 1 saturated heterocycles. The van der Waals surface area contributed by atoms with Crippen molar-refractivity contribution in [3.63, 3.8) is 0 Å². The molecule has 0 aromatic carbocycles. The minimum Gasteiger partial charge on any atom is -0.388 e. The van der Waals surface area contributed by atoms with Crippen molar-refractivity contribution >= 4 is 11.8 Å². The van der Waals surface area contributed by atoms with Gasteiger partial charge in [0, 0.05) is 5.25 Å². The van der Waals surface area contributed by atoms with Crippen LogP contribution in [0.15, 0.2) is 12.7 Å². The highest BCUT2D eigenvalue weighted by Crippen LogP contribution is 2.28. The third kappa shape index (κ3) is 1.73. The van der Waals surface area contributed by atoms with Crippen LogP contribution in [0.5, 0.6) is 0 Å². The Morgan fingerprint density at radius 3 is 3.00 bits per heavy atom. The van der Waals surface area contributed by atoms with E-state index in [1.165, 1.54) is 12.2 Å². The van der Waals surface area contributed by atoms with Gasteiger partial charge in [-0.3, -0.25) is 0 Å². The van der Waals surface area contributed by atoms with E-state index < -0.39 is 0 Å². The summed E-state index contributed by atoms with van der Waals surface area (Å²) in [5.74, 6) is 1.20. The first kappa shape index (κ1) is 7.16. The van der Waals surface area contributed by atoms with Crippen molar-refractivity contribution in [3.8, 4) is 0 Å². The molecule has 2 atom stereocenters. The minimum absolute atomic E-state index is 0.280. The Balaban J connectivity index is 2.32. The molecule has 1 N–H and O–H groups in total. The topological polar surface area (TPSA) is 20.2 Å². The monoisotopic (exact) mass is 144 g/mol. The van der Waals surface area contributed by atoms with Crippen LogP contribution < -0.4 is 0 Å². The highest BCUT2D eigenvalue weighted by atomic mass is 32.2. The van der Waals surface area contributed by atoms with Gasteiger partial charge >= 0.3 is 0 Å². The van der Waals surface area contributed by atoms with Gasteiger partial charge in [-0.1, -0.05) is 6.08 Å². The molecule has 2 unspecified atom stereocenters. The second-order valence-corrected chi connectivity index (χ2v) is 3.62. The molecular weight excluding hydrogens is 132 g/mol. The van der Waals surface area contributed by atoms with Crippen LogP contribution in [-0.4, -0.2) is 22.2 Å². The summed E-state index contributed by atoms with van der Waals surface area (Å²) >= 11 is 1.85. The van der Waals surface area contributed by atoms with Gasteiger partial charge in [-0.2, -0.15) is 11.8 Å². The van der Waals surface area contributed by atoms with Crippen LogP contribution in [0.3, 0.4) is 0 Å². The molecule has 0 amide bonds. The van der Waals surface area contributed by atoms with Gasteiger partial charge in [-0.25, -0.2) is 0 Å². The summed E-state index contributed by atoms with van der Waals surface area (Å²) in [6, 6.07) is 0. The SMILES string of the molecule is C=CC(O)C1CCCS1. The van der Waals surface area contributed by atoms with Crippen LogP contribution in [0.4, 0.5) is 0 Å². The lowest BCUT2D eigenvalue weighted by Gasteiger charge is -2.11. The molecule has 0 aliphatic carbocycles. The summed E-state index contributed by atoms with van der Waals surface area (Å²) < 4.78 is 0. The maximum absolute atomic E-state index is 9.22. The molecule has 1 fully saturated rings. The molecule has 52 valence electrons. The fourth-order valence-electron chi connectivity index (χ4n) is 1.02. The van der Waals surface area contributed by atoms with Crippen LogP contribution in [-0.2, 0) is 0 Å². The maximum atomic E-state index is 9.22. The van der Waals surface area contributed by atoms with E-state index in [9.17, 15) is 5.11 Å². The van der Waals surface area contributed by atoms with E-state index in [2.05, 4.69) is 6.58 Å².